The molecule has 1 aromatic carbocycles. The molecular formula is C13H13F4NO3. The summed E-state index contributed by atoms with van der Waals surface area (Å²) in [5.41, 5.74) is -1.08. The van der Waals surface area contributed by atoms with Crippen molar-refractivity contribution < 1.29 is 32.5 Å². The van der Waals surface area contributed by atoms with Gasteiger partial charge in [0.05, 0.1) is 17.7 Å². The molecule has 8 heteroatoms. The van der Waals surface area contributed by atoms with Crippen molar-refractivity contribution in [3.8, 4) is 0 Å². The highest BCUT2D eigenvalue weighted by atomic mass is 19.2. The normalized spacial score (nSPS) is 23.5. The van der Waals surface area contributed by atoms with Gasteiger partial charge in [0.25, 0.3) is 0 Å². The van der Waals surface area contributed by atoms with Crippen LogP contribution in [0.4, 0.5) is 17.6 Å². The van der Waals surface area contributed by atoms with Gasteiger partial charge in [0.1, 0.15) is 0 Å². The maximum atomic E-state index is 13.5. The van der Waals surface area contributed by atoms with Crippen LogP contribution < -0.4 is 0 Å². The van der Waals surface area contributed by atoms with Gasteiger partial charge in [-0.05, 0) is 0 Å². The molecule has 21 heavy (non-hydrogen) atoms. The Kier molecular flexibility index (Phi) is 4.48. The Bertz CT molecular complexity index is 553. The van der Waals surface area contributed by atoms with E-state index in [1.54, 1.807) is 0 Å². The van der Waals surface area contributed by atoms with E-state index in [9.17, 15) is 27.8 Å². The molecule has 0 radical (unpaired) electrons. The van der Waals surface area contributed by atoms with E-state index in [0.717, 1.165) is 0 Å². The number of hydrogen-bond acceptors (Lipinski definition) is 4. The lowest BCUT2D eigenvalue weighted by atomic mass is 9.98. The quantitative estimate of drug-likeness (QED) is 0.665. The van der Waals surface area contributed by atoms with Gasteiger partial charge < -0.3 is 14.9 Å². The molecule has 0 fully saturated rings. The Morgan fingerprint density at radius 2 is 1.86 bits per heavy atom. The van der Waals surface area contributed by atoms with E-state index in [4.69, 9.17) is 4.74 Å². The molecule has 0 bridgehead atoms. The van der Waals surface area contributed by atoms with Gasteiger partial charge >= 0.3 is 0 Å². The standard InChI is InChI=1S/C13H13F4NO3/c1-5-18-6(3-10(20)21-5)2-9(19)11-12(16)7(14)4-8(15)13(11)17/h4,6,9-10,19-20H,2-3H2,1H3. The highest BCUT2D eigenvalue weighted by molar-refractivity contribution is 5.73. The second-order valence-corrected chi connectivity index (χ2v) is 4.74. The monoisotopic (exact) mass is 307 g/mol. The van der Waals surface area contributed by atoms with Crippen LogP contribution in [0.2, 0.25) is 0 Å². The molecule has 2 rings (SSSR count). The Hall–Kier alpha value is -1.67. The summed E-state index contributed by atoms with van der Waals surface area (Å²) in [6.07, 6.45) is -3.27. The third kappa shape index (κ3) is 3.33. The molecule has 0 aliphatic carbocycles. The SMILES string of the molecule is CC1=NC(CC(O)c2c(F)c(F)cc(F)c2F)CC(O)O1. The largest absolute Gasteiger partial charge is 0.453 e. The molecule has 4 nitrogen and oxygen atoms in total. The molecule has 116 valence electrons. The van der Waals surface area contributed by atoms with Gasteiger partial charge in [-0.25, -0.2) is 17.6 Å². The van der Waals surface area contributed by atoms with Crippen LogP contribution in [0.3, 0.4) is 0 Å². The summed E-state index contributed by atoms with van der Waals surface area (Å²) in [6, 6.07) is -0.615. The molecule has 1 aliphatic rings. The van der Waals surface area contributed by atoms with Crippen molar-refractivity contribution in [3.05, 3.63) is 34.9 Å². The first-order valence-corrected chi connectivity index (χ1v) is 6.19. The van der Waals surface area contributed by atoms with Crippen molar-refractivity contribution in [1.82, 2.24) is 0 Å². The summed E-state index contributed by atoms with van der Waals surface area (Å²) >= 11 is 0. The average molecular weight is 307 g/mol. The van der Waals surface area contributed by atoms with Gasteiger partial charge in [-0.2, -0.15) is 0 Å². The lowest BCUT2D eigenvalue weighted by molar-refractivity contribution is -0.0507. The van der Waals surface area contributed by atoms with E-state index >= 15 is 0 Å². The van der Waals surface area contributed by atoms with E-state index in [-0.39, 0.29) is 24.8 Å². The molecule has 0 aromatic heterocycles. The second kappa shape index (κ2) is 5.98. The number of benzene rings is 1. The van der Waals surface area contributed by atoms with Crippen LogP contribution in [0.15, 0.2) is 11.1 Å². The predicted octanol–water partition coefficient (Wildman–Crippen LogP) is 2.19. The van der Waals surface area contributed by atoms with Crippen molar-refractivity contribution in [3.63, 3.8) is 0 Å². The molecule has 3 unspecified atom stereocenters. The van der Waals surface area contributed by atoms with Crippen LogP contribution in [-0.4, -0.2) is 28.4 Å². The molecular weight excluding hydrogens is 294 g/mol. The molecule has 1 aliphatic heterocycles. The Morgan fingerprint density at radius 3 is 2.38 bits per heavy atom. The van der Waals surface area contributed by atoms with Gasteiger partial charge in [-0.3, -0.25) is 4.99 Å². The van der Waals surface area contributed by atoms with Crippen LogP contribution in [0, 0.1) is 23.3 Å². The Labute approximate surface area is 117 Å². The second-order valence-electron chi connectivity index (χ2n) is 4.74. The van der Waals surface area contributed by atoms with E-state index < -0.39 is 47.3 Å². The summed E-state index contributed by atoms with van der Waals surface area (Å²) < 4.78 is 58.1. The maximum absolute atomic E-state index is 13.5. The minimum absolute atomic E-state index is 0.00453. The molecule has 0 spiro atoms. The highest BCUT2D eigenvalue weighted by Crippen LogP contribution is 2.30. The molecule has 2 N–H and O–H groups in total. The topological polar surface area (TPSA) is 62.1 Å². The zero-order valence-electron chi connectivity index (χ0n) is 11.0. The van der Waals surface area contributed by atoms with Crippen LogP contribution in [0.1, 0.15) is 31.4 Å². The first kappa shape index (κ1) is 15.7. The number of aliphatic imine (C=N–C) groups is 1. The molecule has 0 amide bonds. The van der Waals surface area contributed by atoms with E-state index in [1.165, 1.54) is 6.92 Å². The number of nitrogens with zero attached hydrogens (tertiary/aromatic N) is 1. The van der Waals surface area contributed by atoms with Crippen molar-refractivity contribution >= 4 is 5.90 Å². The van der Waals surface area contributed by atoms with E-state index in [0.29, 0.717) is 0 Å². The summed E-state index contributed by atoms with van der Waals surface area (Å²) in [5, 5.41) is 19.2. The third-order valence-corrected chi connectivity index (χ3v) is 3.12. The van der Waals surface area contributed by atoms with Gasteiger partial charge in [-0.15, -0.1) is 0 Å². The fourth-order valence-corrected chi connectivity index (χ4v) is 2.23. The predicted molar refractivity (Wildman–Crippen MR) is 64.5 cm³/mol. The molecule has 3 atom stereocenters. The Morgan fingerprint density at radius 1 is 1.29 bits per heavy atom. The van der Waals surface area contributed by atoms with Crippen LogP contribution in [-0.2, 0) is 4.74 Å². The van der Waals surface area contributed by atoms with Crippen molar-refractivity contribution in [2.24, 2.45) is 4.99 Å². The lowest BCUT2D eigenvalue weighted by Crippen LogP contribution is -2.29. The van der Waals surface area contributed by atoms with Crippen LogP contribution in [0.25, 0.3) is 0 Å². The van der Waals surface area contributed by atoms with Gasteiger partial charge in [0.15, 0.2) is 29.2 Å². The number of ether oxygens (including phenoxy) is 1. The van der Waals surface area contributed by atoms with Crippen LogP contribution in [0.5, 0.6) is 0 Å². The van der Waals surface area contributed by atoms with E-state index in [2.05, 4.69) is 4.99 Å². The fraction of sp³-hybridized carbons (Fsp3) is 0.462. The number of aliphatic hydroxyl groups excluding tert-OH is 2. The zero-order chi connectivity index (χ0) is 15.7. The molecule has 1 aromatic rings. The van der Waals surface area contributed by atoms with Crippen molar-refractivity contribution in [2.45, 2.75) is 38.2 Å². The molecule has 0 saturated heterocycles. The fourth-order valence-electron chi connectivity index (χ4n) is 2.23. The molecule has 0 saturated carbocycles. The number of hydrogen-bond donors (Lipinski definition) is 2. The summed E-state index contributed by atoms with van der Waals surface area (Å²) in [6.45, 7) is 1.46. The number of halogens is 4. The van der Waals surface area contributed by atoms with Crippen molar-refractivity contribution in [1.29, 1.82) is 0 Å². The van der Waals surface area contributed by atoms with Crippen LogP contribution >= 0.6 is 0 Å². The smallest absolute Gasteiger partial charge is 0.200 e. The minimum atomic E-state index is -1.80. The third-order valence-electron chi connectivity index (χ3n) is 3.12. The number of aliphatic hydroxyl groups is 2. The first-order chi connectivity index (χ1) is 9.79. The van der Waals surface area contributed by atoms with Crippen molar-refractivity contribution in [2.75, 3.05) is 0 Å². The van der Waals surface area contributed by atoms with Gasteiger partial charge in [0, 0.05) is 25.8 Å². The number of rotatable bonds is 3. The summed E-state index contributed by atoms with van der Waals surface area (Å²) in [5.74, 6) is -6.31. The first-order valence-electron chi connectivity index (χ1n) is 6.19. The molecule has 1 heterocycles. The summed E-state index contributed by atoms with van der Waals surface area (Å²) in [7, 11) is 0. The Balaban J connectivity index is 2.25. The maximum Gasteiger partial charge on any atom is 0.200 e. The zero-order valence-corrected chi connectivity index (χ0v) is 11.0. The van der Waals surface area contributed by atoms with Gasteiger partial charge in [0.2, 0.25) is 6.29 Å². The van der Waals surface area contributed by atoms with E-state index in [1.807, 2.05) is 0 Å². The minimum Gasteiger partial charge on any atom is -0.453 e. The summed E-state index contributed by atoms with van der Waals surface area (Å²) in [4.78, 5) is 3.94. The van der Waals surface area contributed by atoms with Gasteiger partial charge in [-0.1, -0.05) is 0 Å². The average Bonchev–Trinajstić information content (AvgIpc) is 2.35. The highest BCUT2D eigenvalue weighted by Gasteiger charge is 2.29. The lowest BCUT2D eigenvalue weighted by Gasteiger charge is -2.25.